The first kappa shape index (κ1) is 20.2. The number of anilines is 1. The largest absolute Gasteiger partial charge is 0.319 e. The number of tetrazole rings is 1. The summed E-state index contributed by atoms with van der Waals surface area (Å²) < 4.78 is 32.6. The van der Waals surface area contributed by atoms with Gasteiger partial charge in [0.25, 0.3) is 5.91 Å². The maximum atomic E-state index is 14.5. The molecule has 0 aliphatic rings. The molecule has 0 bridgehead atoms. The van der Waals surface area contributed by atoms with Gasteiger partial charge >= 0.3 is 0 Å². The summed E-state index contributed by atoms with van der Waals surface area (Å²) in [5.74, 6) is -0.659. The van der Waals surface area contributed by atoms with E-state index in [-0.39, 0.29) is 17.1 Å². The molecule has 33 heavy (non-hydrogen) atoms. The number of aromatic nitrogens is 7. The van der Waals surface area contributed by atoms with Crippen LogP contribution in [0.5, 0.6) is 0 Å². The molecular weight excluding hydrogens is 430 g/mol. The molecule has 0 spiro atoms. The summed E-state index contributed by atoms with van der Waals surface area (Å²) in [6, 6.07) is 13.5. The summed E-state index contributed by atoms with van der Waals surface area (Å²) in [4.78, 5) is 13.2. The molecule has 0 unspecified atom stereocenters. The maximum Gasteiger partial charge on any atom is 0.261 e. The molecule has 0 fully saturated rings. The molecule has 0 radical (unpaired) electrons. The topological polar surface area (TPSA) is 95.5 Å². The molecule has 0 aliphatic heterocycles. The number of benzene rings is 2. The number of nitrogens with one attached hydrogen (secondary N) is 1. The highest BCUT2D eigenvalue weighted by Crippen LogP contribution is 2.24. The molecule has 0 atom stereocenters. The van der Waals surface area contributed by atoms with E-state index in [0.29, 0.717) is 23.0 Å². The van der Waals surface area contributed by atoms with E-state index in [0.717, 1.165) is 0 Å². The predicted molar refractivity (Wildman–Crippen MR) is 115 cm³/mol. The number of carbonyl (C=O) groups excluding carboxylic acids is 1. The molecule has 5 aromatic rings. The molecule has 9 nitrogen and oxygen atoms in total. The van der Waals surface area contributed by atoms with Crippen LogP contribution < -0.4 is 5.32 Å². The molecule has 1 N–H and O–H groups in total. The molecule has 1 amide bonds. The lowest BCUT2D eigenvalue weighted by Crippen LogP contribution is -2.16. The molecule has 0 saturated carbocycles. The summed E-state index contributed by atoms with van der Waals surface area (Å²) in [7, 11) is 0. The van der Waals surface area contributed by atoms with Crippen LogP contribution in [0.4, 0.5) is 14.5 Å². The van der Waals surface area contributed by atoms with Gasteiger partial charge in [0.1, 0.15) is 17.2 Å². The minimum atomic E-state index is -0.619. The Bertz CT molecular complexity index is 1440. The zero-order chi connectivity index (χ0) is 22.9. The summed E-state index contributed by atoms with van der Waals surface area (Å²) in [6.45, 7) is 1.70. The van der Waals surface area contributed by atoms with E-state index < -0.39 is 11.7 Å². The number of hydrogen-bond donors (Lipinski definition) is 1. The second kappa shape index (κ2) is 8.11. The van der Waals surface area contributed by atoms with Gasteiger partial charge in [-0.3, -0.25) is 4.79 Å². The second-order valence-corrected chi connectivity index (χ2v) is 7.12. The summed E-state index contributed by atoms with van der Waals surface area (Å²) in [5, 5.41) is 18.2. The highest BCUT2D eigenvalue weighted by Gasteiger charge is 2.21. The van der Waals surface area contributed by atoms with Crippen LogP contribution in [-0.2, 0) is 0 Å². The SMILES string of the molecule is Cc1nnnn1-c1ccc(F)c(NC(=O)c2cnn(-c3ccc(F)cc3)c2-n2cccc2)c1. The van der Waals surface area contributed by atoms with Gasteiger partial charge in [-0.25, -0.2) is 13.5 Å². The van der Waals surface area contributed by atoms with Crippen molar-refractivity contribution in [3.8, 4) is 17.2 Å². The number of hydrogen-bond acceptors (Lipinski definition) is 5. The fraction of sp³-hybridized carbons (Fsp3) is 0.0455. The third-order valence-corrected chi connectivity index (χ3v) is 4.98. The van der Waals surface area contributed by atoms with Crippen LogP contribution in [0, 0.1) is 18.6 Å². The van der Waals surface area contributed by atoms with E-state index in [1.54, 1.807) is 48.1 Å². The Morgan fingerprint density at radius 2 is 1.70 bits per heavy atom. The van der Waals surface area contributed by atoms with Gasteiger partial charge in [-0.2, -0.15) is 9.78 Å². The van der Waals surface area contributed by atoms with Crippen LogP contribution in [0.15, 0.2) is 73.2 Å². The first-order chi connectivity index (χ1) is 16.0. The van der Waals surface area contributed by atoms with Crippen LogP contribution in [0.1, 0.15) is 16.2 Å². The normalized spacial score (nSPS) is 11.0. The van der Waals surface area contributed by atoms with Gasteiger partial charge < -0.3 is 9.88 Å². The van der Waals surface area contributed by atoms with Gasteiger partial charge in [-0.15, -0.1) is 5.10 Å². The fourth-order valence-corrected chi connectivity index (χ4v) is 3.40. The second-order valence-electron chi connectivity index (χ2n) is 7.12. The van der Waals surface area contributed by atoms with E-state index in [2.05, 4.69) is 25.9 Å². The van der Waals surface area contributed by atoms with E-state index in [9.17, 15) is 13.6 Å². The molecule has 0 saturated heterocycles. The Morgan fingerprint density at radius 3 is 2.39 bits per heavy atom. The van der Waals surface area contributed by atoms with Crippen molar-refractivity contribution < 1.29 is 13.6 Å². The fourth-order valence-electron chi connectivity index (χ4n) is 3.40. The molecule has 3 heterocycles. The third-order valence-electron chi connectivity index (χ3n) is 4.98. The van der Waals surface area contributed by atoms with Crippen molar-refractivity contribution >= 4 is 11.6 Å². The Kier molecular flexibility index (Phi) is 4.98. The Labute approximate surface area is 185 Å². The average molecular weight is 446 g/mol. The summed E-state index contributed by atoms with van der Waals surface area (Å²) in [6.07, 6.45) is 4.87. The van der Waals surface area contributed by atoms with E-state index in [1.807, 2.05) is 0 Å². The maximum absolute atomic E-state index is 14.5. The molecule has 5 rings (SSSR count). The molecule has 11 heteroatoms. The van der Waals surface area contributed by atoms with E-state index >= 15 is 0 Å². The minimum absolute atomic E-state index is 0.0413. The van der Waals surface area contributed by atoms with Gasteiger partial charge in [-0.05, 0) is 71.9 Å². The number of nitrogens with zero attached hydrogens (tertiary/aromatic N) is 7. The quantitative estimate of drug-likeness (QED) is 0.446. The molecular formula is C22H16F2N8O. The summed E-state index contributed by atoms with van der Waals surface area (Å²) in [5.41, 5.74) is 1.20. The minimum Gasteiger partial charge on any atom is -0.319 e. The average Bonchev–Trinajstić information content (AvgIpc) is 3.56. The highest BCUT2D eigenvalue weighted by atomic mass is 19.1. The predicted octanol–water partition coefficient (Wildman–Crippen LogP) is 3.48. The molecule has 164 valence electrons. The number of aryl methyl sites for hydroxylation is 1. The number of carbonyl (C=O) groups is 1. The lowest BCUT2D eigenvalue weighted by Gasteiger charge is -2.12. The van der Waals surface area contributed by atoms with E-state index in [4.69, 9.17) is 0 Å². The van der Waals surface area contributed by atoms with Gasteiger partial charge in [0.2, 0.25) is 0 Å². The molecule has 2 aromatic carbocycles. The smallest absolute Gasteiger partial charge is 0.261 e. The van der Waals surface area contributed by atoms with Crippen molar-refractivity contribution in [3.05, 3.63) is 96.2 Å². The Morgan fingerprint density at radius 1 is 0.970 bits per heavy atom. The van der Waals surface area contributed by atoms with Crippen LogP contribution in [0.25, 0.3) is 17.2 Å². The Hall–Kier alpha value is -4.67. The van der Waals surface area contributed by atoms with Gasteiger partial charge in [-0.1, -0.05) is 0 Å². The van der Waals surface area contributed by atoms with Gasteiger partial charge in [0.05, 0.1) is 23.3 Å². The van der Waals surface area contributed by atoms with Crippen molar-refractivity contribution in [1.29, 1.82) is 0 Å². The van der Waals surface area contributed by atoms with Crippen molar-refractivity contribution in [2.45, 2.75) is 6.92 Å². The first-order valence-corrected chi connectivity index (χ1v) is 9.85. The van der Waals surface area contributed by atoms with E-state index in [1.165, 1.54) is 45.9 Å². The summed E-state index contributed by atoms with van der Waals surface area (Å²) >= 11 is 0. The lowest BCUT2D eigenvalue weighted by molar-refractivity contribution is 0.102. The van der Waals surface area contributed by atoms with Crippen molar-refractivity contribution in [3.63, 3.8) is 0 Å². The van der Waals surface area contributed by atoms with Gasteiger partial charge in [0, 0.05) is 12.4 Å². The van der Waals surface area contributed by atoms with Crippen molar-refractivity contribution in [2.24, 2.45) is 0 Å². The number of amides is 1. The molecule has 3 aromatic heterocycles. The number of halogens is 2. The monoisotopic (exact) mass is 446 g/mol. The Balaban J connectivity index is 1.53. The van der Waals surface area contributed by atoms with Crippen molar-refractivity contribution in [2.75, 3.05) is 5.32 Å². The number of rotatable bonds is 5. The molecule has 0 aliphatic carbocycles. The van der Waals surface area contributed by atoms with Crippen LogP contribution in [-0.4, -0.2) is 40.5 Å². The first-order valence-electron chi connectivity index (χ1n) is 9.85. The van der Waals surface area contributed by atoms with Crippen LogP contribution >= 0.6 is 0 Å². The zero-order valence-electron chi connectivity index (χ0n) is 17.2. The van der Waals surface area contributed by atoms with Crippen LogP contribution in [0.2, 0.25) is 0 Å². The zero-order valence-corrected chi connectivity index (χ0v) is 17.2. The third kappa shape index (κ3) is 3.76. The highest BCUT2D eigenvalue weighted by molar-refractivity contribution is 6.06. The standard InChI is InChI=1S/C22H16F2N8O/c1-14-27-28-29-31(14)17-8-9-19(24)20(12-17)26-21(33)18-13-25-32(16-6-4-15(23)5-7-16)22(18)30-10-2-3-11-30/h2-13H,1H3,(H,26,33). The van der Waals surface area contributed by atoms with Gasteiger partial charge in [0.15, 0.2) is 11.6 Å². The van der Waals surface area contributed by atoms with Crippen molar-refractivity contribution in [1.82, 2.24) is 34.6 Å². The lowest BCUT2D eigenvalue weighted by atomic mass is 10.2. The van der Waals surface area contributed by atoms with Crippen LogP contribution in [0.3, 0.4) is 0 Å².